The SMILES string of the molecule is Cc1nc(-c2ccc(C3(F)COC3)cc2C)c2ccc(S(=O)(=O)Cc3nccs3)cc2n1. The van der Waals surface area contributed by atoms with Gasteiger partial charge in [-0.05, 0) is 43.2 Å². The molecule has 4 aromatic rings. The third-order valence-corrected chi connectivity index (χ3v) is 8.18. The van der Waals surface area contributed by atoms with Crippen LogP contribution in [-0.2, 0) is 26.0 Å². The van der Waals surface area contributed by atoms with Crippen LogP contribution in [0.2, 0.25) is 0 Å². The van der Waals surface area contributed by atoms with Crippen molar-refractivity contribution in [2.45, 2.75) is 30.2 Å². The molecule has 1 aliphatic heterocycles. The molecule has 32 heavy (non-hydrogen) atoms. The summed E-state index contributed by atoms with van der Waals surface area (Å²) in [4.78, 5) is 13.4. The summed E-state index contributed by atoms with van der Waals surface area (Å²) in [6.45, 7) is 3.82. The average Bonchev–Trinajstić information content (AvgIpc) is 3.23. The molecule has 2 aromatic carbocycles. The van der Waals surface area contributed by atoms with Gasteiger partial charge in [-0.1, -0.05) is 18.2 Å². The minimum Gasteiger partial charge on any atom is -0.374 e. The van der Waals surface area contributed by atoms with E-state index in [4.69, 9.17) is 4.74 Å². The number of fused-ring (bicyclic) bond motifs is 1. The highest BCUT2D eigenvalue weighted by atomic mass is 32.2. The van der Waals surface area contributed by atoms with Gasteiger partial charge in [0.05, 0.1) is 29.3 Å². The first-order chi connectivity index (χ1) is 15.2. The number of benzene rings is 2. The largest absolute Gasteiger partial charge is 0.374 e. The second-order valence-electron chi connectivity index (χ2n) is 7.97. The average molecular weight is 470 g/mol. The fourth-order valence-corrected chi connectivity index (χ4v) is 6.12. The zero-order chi connectivity index (χ0) is 22.5. The lowest BCUT2D eigenvalue weighted by Crippen LogP contribution is -2.42. The van der Waals surface area contributed by atoms with E-state index in [2.05, 4.69) is 15.0 Å². The smallest absolute Gasteiger partial charge is 0.184 e. The lowest BCUT2D eigenvalue weighted by molar-refractivity contribution is -0.135. The van der Waals surface area contributed by atoms with E-state index in [1.165, 1.54) is 11.3 Å². The first kappa shape index (κ1) is 21.1. The molecule has 0 radical (unpaired) electrons. The van der Waals surface area contributed by atoms with Gasteiger partial charge in [0.1, 0.15) is 16.6 Å². The highest BCUT2D eigenvalue weighted by Crippen LogP contribution is 2.37. The predicted octanol–water partition coefficient (Wildman–Crippen LogP) is 4.54. The van der Waals surface area contributed by atoms with E-state index in [0.717, 1.165) is 16.5 Å². The number of alkyl halides is 1. The summed E-state index contributed by atoms with van der Waals surface area (Å²) in [5.74, 6) is 0.377. The van der Waals surface area contributed by atoms with Gasteiger partial charge in [0.25, 0.3) is 0 Å². The first-order valence-electron chi connectivity index (χ1n) is 10.0. The quantitative estimate of drug-likeness (QED) is 0.427. The third-order valence-electron chi connectivity index (χ3n) is 5.60. The Bertz CT molecular complexity index is 1430. The molecular weight excluding hydrogens is 449 g/mol. The van der Waals surface area contributed by atoms with Crippen molar-refractivity contribution in [1.82, 2.24) is 15.0 Å². The number of rotatable bonds is 5. The standard InChI is InChI=1S/C23H20FN3O3S2/c1-14-9-16(23(24)12-30-13-23)3-5-18(14)22-19-6-4-17(10-20(19)26-15(2)27-22)32(28,29)11-21-25-7-8-31-21/h3-10H,11-13H2,1-2H3. The highest BCUT2D eigenvalue weighted by Gasteiger charge is 2.40. The number of thiazole rings is 1. The predicted molar refractivity (Wildman–Crippen MR) is 121 cm³/mol. The topological polar surface area (TPSA) is 82.0 Å². The van der Waals surface area contributed by atoms with E-state index in [1.54, 1.807) is 42.8 Å². The summed E-state index contributed by atoms with van der Waals surface area (Å²) in [5.41, 5.74) is 2.13. The molecular formula is C23H20FN3O3S2. The zero-order valence-corrected chi connectivity index (χ0v) is 19.1. The molecule has 164 valence electrons. The maximum absolute atomic E-state index is 14.8. The molecule has 3 heterocycles. The molecule has 9 heteroatoms. The minimum absolute atomic E-state index is 0.0690. The fraction of sp³-hybridized carbons (Fsp3) is 0.261. The van der Waals surface area contributed by atoms with E-state index < -0.39 is 15.5 Å². The van der Waals surface area contributed by atoms with Crippen molar-refractivity contribution >= 4 is 32.1 Å². The van der Waals surface area contributed by atoms with Gasteiger partial charge in [-0.3, -0.25) is 0 Å². The Morgan fingerprint density at radius 1 is 1.12 bits per heavy atom. The number of ether oxygens (including phenoxy) is 1. The lowest BCUT2D eigenvalue weighted by atomic mass is 9.90. The molecule has 0 spiro atoms. The van der Waals surface area contributed by atoms with Crippen LogP contribution in [-0.4, -0.2) is 36.6 Å². The Kier molecular flexibility index (Phi) is 5.07. The van der Waals surface area contributed by atoms with Crippen molar-refractivity contribution in [2.24, 2.45) is 0 Å². The fourth-order valence-electron chi connectivity index (χ4n) is 3.85. The second-order valence-corrected chi connectivity index (χ2v) is 10.9. The van der Waals surface area contributed by atoms with Crippen LogP contribution in [0.5, 0.6) is 0 Å². The van der Waals surface area contributed by atoms with Crippen LogP contribution < -0.4 is 0 Å². The Morgan fingerprint density at radius 2 is 1.94 bits per heavy atom. The van der Waals surface area contributed by atoms with Gasteiger partial charge in [0.15, 0.2) is 15.5 Å². The number of hydrogen-bond donors (Lipinski definition) is 0. The summed E-state index contributed by atoms with van der Waals surface area (Å²) in [6.07, 6.45) is 1.59. The van der Waals surface area contributed by atoms with Gasteiger partial charge in [-0.2, -0.15) is 0 Å². The Morgan fingerprint density at radius 3 is 2.59 bits per heavy atom. The molecule has 0 atom stereocenters. The van der Waals surface area contributed by atoms with Gasteiger partial charge in [0.2, 0.25) is 0 Å². The monoisotopic (exact) mass is 469 g/mol. The molecule has 0 saturated carbocycles. The van der Waals surface area contributed by atoms with E-state index in [9.17, 15) is 12.8 Å². The molecule has 6 nitrogen and oxygen atoms in total. The van der Waals surface area contributed by atoms with Crippen LogP contribution in [0, 0.1) is 13.8 Å². The van der Waals surface area contributed by atoms with Gasteiger partial charge in [-0.15, -0.1) is 11.3 Å². The molecule has 0 aliphatic carbocycles. The normalized spacial score (nSPS) is 15.6. The number of halogens is 1. The number of sulfone groups is 1. The van der Waals surface area contributed by atoms with Crippen molar-refractivity contribution in [3.63, 3.8) is 0 Å². The van der Waals surface area contributed by atoms with Crippen molar-refractivity contribution in [3.05, 3.63) is 69.9 Å². The molecule has 2 aromatic heterocycles. The zero-order valence-electron chi connectivity index (χ0n) is 17.5. The summed E-state index contributed by atoms with van der Waals surface area (Å²) >= 11 is 1.31. The summed E-state index contributed by atoms with van der Waals surface area (Å²) in [5, 5.41) is 3.04. The number of aryl methyl sites for hydroxylation is 2. The summed E-state index contributed by atoms with van der Waals surface area (Å²) in [6, 6.07) is 10.4. The van der Waals surface area contributed by atoms with Crippen LogP contribution in [0.1, 0.15) is 22.0 Å². The minimum atomic E-state index is -3.56. The molecule has 0 N–H and O–H groups in total. The van der Waals surface area contributed by atoms with Gasteiger partial charge in [0, 0.05) is 22.5 Å². The summed E-state index contributed by atoms with van der Waals surface area (Å²) in [7, 11) is -3.56. The van der Waals surface area contributed by atoms with Crippen LogP contribution >= 0.6 is 11.3 Å². The van der Waals surface area contributed by atoms with Crippen molar-refractivity contribution in [3.8, 4) is 11.3 Å². The molecule has 0 unspecified atom stereocenters. The molecule has 1 fully saturated rings. The van der Waals surface area contributed by atoms with Crippen LogP contribution in [0.4, 0.5) is 4.39 Å². The second kappa shape index (κ2) is 7.68. The van der Waals surface area contributed by atoms with Gasteiger partial charge < -0.3 is 4.74 Å². The Balaban J connectivity index is 1.58. The first-order valence-corrected chi connectivity index (χ1v) is 12.6. The molecule has 0 amide bonds. The lowest BCUT2D eigenvalue weighted by Gasteiger charge is -2.34. The Labute approximate surface area is 189 Å². The van der Waals surface area contributed by atoms with Crippen molar-refractivity contribution in [1.29, 1.82) is 0 Å². The number of nitrogens with zero attached hydrogens (tertiary/aromatic N) is 3. The Hall–Kier alpha value is -2.75. The molecule has 5 rings (SSSR count). The number of aromatic nitrogens is 3. The molecule has 1 saturated heterocycles. The number of hydrogen-bond acceptors (Lipinski definition) is 7. The van der Waals surface area contributed by atoms with Crippen LogP contribution in [0.3, 0.4) is 0 Å². The van der Waals surface area contributed by atoms with Crippen molar-refractivity contribution < 1.29 is 17.5 Å². The summed E-state index contributed by atoms with van der Waals surface area (Å²) < 4.78 is 45.6. The van der Waals surface area contributed by atoms with Crippen LogP contribution in [0.25, 0.3) is 22.2 Å². The highest BCUT2D eigenvalue weighted by molar-refractivity contribution is 7.90. The van der Waals surface area contributed by atoms with E-state index in [1.807, 2.05) is 19.1 Å². The van der Waals surface area contributed by atoms with E-state index >= 15 is 0 Å². The van der Waals surface area contributed by atoms with E-state index in [0.29, 0.717) is 27.6 Å². The van der Waals surface area contributed by atoms with Gasteiger partial charge >= 0.3 is 0 Å². The molecule has 1 aliphatic rings. The van der Waals surface area contributed by atoms with Crippen molar-refractivity contribution in [2.75, 3.05) is 13.2 Å². The maximum Gasteiger partial charge on any atom is 0.184 e. The third kappa shape index (κ3) is 3.70. The van der Waals surface area contributed by atoms with Gasteiger partial charge in [-0.25, -0.2) is 27.8 Å². The molecule has 0 bridgehead atoms. The van der Waals surface area contributed by atoms with Crippen LogP contribution in [0.15, 0.2) is 52.9 Å². The maximum atomic E-state index is 14.8. The van der Waals surface area contributed by atoms with E-state index in [-0.39, 0.29) is 23.9 Å².